The van der Waals surface area contributed by atoms with Gasteiger partial charge in [-0.05, 0) is 0 Å². The van der Waals surface area contributed by atoms with Crippen molar-refractivity contribution in [3.05, 3.63) is 21.3 Å². The number of aromatic amines is 1. The molecule has 1 N–H and O–H groups in total. The fourth-order valence-electron chi connectivity index (χ4n) is 0.384. The van der Waals surface area contributed by atoms with Crippen LogP contribution in [-0.4, -0.2) is 10.3 Å². The predicted octanol–water partition coefficient (Wildman–Crippen LogP) is -1.20. The van der Waals surface area contributed by atoms with Crippen LogP contribution in [0.15, 0.2) is 10.9 Å². The Balaban J connectivity index is 3.12. The van der Waals surface area contributed by atoms with Gasteiger partial charge in [0.05, 0.1) is 10.8 Å². The van der Waals surface area contributed by atoms with Gasteiger partial charge >= 0.3 is 0 Å². The van der Waals surface area contributed by atoms with Gasteiger partial charge in [-0.25, -0.2) is 0 Å². The molecule has 0 saturated carbocycles. The molecule has 0 bridgehead atoms. The van der Waals surface area contributed by atoms with E-state index in [1.54, 1.807) is 0 Å². The third-order valence-corrected chi connectivity index (χ3v) is 1.53. The van der Waals surface area contributed by atoms with Gasteiger partial charge in [-0.2, -0.15) is 0 Å². The van der Waals surface area contributed by atoms with Gasteiger partial charge in [0.2, 0.25) is 0 Å². The highest BCUT2D eigenvalue weighted by atomic mass is 32.1. The van der Waals surface area contributed by atoms with Gasteiger partial charge in [0.15, 0.2) is 0 Å². The molecular formula is C4H2NO3S-. The standard InChI is InChI=1S/C4H3NO3S/c6-3-1-2(4(7)8)9-5-3/h1H,(H,5,6)(H,7,8)/p-1. The molecule has 0 spiro atoms. The molecule has 9 heavy (non-hydrogen) atoms. The highest BCUT2D eigenvalue weighted by Crippen LogP contribution is 1.96. The van der Waals surface area contributed by atoms with Crippen molar-refractivity contribution >= 4 is 17.5 Å². The van der Waals surface area contributed by atoms with Crippen molar-refractivity contribution in [1.29, 1.82) is 0 Å². The average Bonchev–Trinajstić information content (AvgIpc) is 2.14. The number of aromatic nitrogens is 1. The summed E-state index contributed by atoms with van der Waals surface area (Å²) in [5.74, 6) is -1.32. The lowest BCUT2D eigenvalue weighted by molar-refractivity contribution is -0.254. The van der Waals surface area contributed by atoms with Crippen molar-refractivity contribution in [3.8, 4) is 0 Å². The average molecular weight is 144 g/mol. The SMILES string of the molecule is O=C([O-])c1cc(=O)[nH]s1. The minimum atomic E-state index is -1.32. The van der Waals surface area contributed by atoms with Gasteiger partial charge in [-0.3, -0.25) is 9.17 Å². The van der Waals surface area contributed by atoms with Gasteiger partial charge in [0.25, 0.3) is 5.56 Å². The smallest absolute Gasteiger partial charge is 0.258 e. The molecule has 0 amide bonds. The number of hydrogen-bond acceptors (Lipinski definition) is 4. The molecule has 0 aromatic carbocycles. The summed E-state index contributed by atoms with van der Waals surface area (Å²) >= 11 is 0.758. The summed E-state index contributed by atoms with van der Waals surface area (Å²) < 4.78 is 2.22. The van der Waals surface area contributed by atoms with Crippen LogP contribution >= 0.6 is 11.5 Å². The number of carboxylic acids is 1. The van der Waals surface area contributed by atoms with Crippen molar-refractivity contribution in [1.82, 2.24) is 4.37 Å². The van der Waals surface area contributed by atoms with Crippen LogP contribution in [-0.2, 0) is 0 Å². The molecule has 1 rings (SSSR count). The maximum atomic E-state index is 10.3. The van der Waals surface area contributed by atoms with Crippen LogP contribution in [0.25, 0.3) is 0 Å². The molecule has 0 unspecified atom stereocenters. The second kappa shape index (κ2) is 2.02. The van der Waals surface area contributed by atoms with Crippen molar-refractivity contribution < 1.29 is 9.90 Å². The number of carbonyl (C=O) groups excluding carboxylic acids is 1. The number of rotatable bonds is 1. The van der Waals surface area contributed by atoms with Gasteiger partial charge in [-0.1, -0.05) is 11.5 Å². The third kappa shape index (κ3) is 1.17. The van der Waals surface area contributed by atoms with Crippen molar-refractivity contribution in [2.24, 2.45) is 0 Å². The molecule has 48 valence electrons. The summed E-state index contributed by atoms with van der Waals surface area (Å²) in [6.45, 7) is 0. The molecular weight excluding hydrogens is 142 g/mol. The molecule has 0 radical (unpaired) electrons. The first-order chi connectivity index (χ1) is 4.20. The van der Waals surface area contributed by atoms with E-state index in [1.807, 2.05) is 0 Å². The van der Waals surface area contributed by atoms with E-state index in [-0.39, 0.29) is 4.88 Å². The maximum absolute atomic E-state index is 10.3. The zero-order valence-corrected chi connectivity index (χ0v) is 5.03. The van der Waals surface area contributed by atoms with Crippen molar-refractivity contribution in [2.75, 3.05) is 0 Å². The van der Waals surface area contributed by atoms with Crippen LogP contribution in [0.1, 0.15) is 9.67 Å². The van der Waals surface area contributed by atoms with Crippen LogP contribution < -0.4 is 10.7 Å². The van der Waals surface area contributed by atoms with E-state index in [1.165, 1.54) is 0 Å². The molecule has 1 heterocycles. The van der Waals surface area contributed by atoms with Crippen LogP contribution in [0.4, 0.5) is 0 Å². The van der Waals surface area contributed by atoms with E-state index >= 15 is 0 Å². The molecule has 0 aliphatic rings. The summed E-state index contributed by atoms with van der Waals surface area (Å²) in [6, 6.07) is 0.986. The Morgan fingerprint density at radius 1 is 1.78 bits per heavy atom. The fraction of sp³-hybridized carbons (Fsp3) is 0. The van der Waals surface area contributed by atoms with Gasteiger partial charge in [0.1, 0.15) is 0 Å². The number of nitrogens with one attached hydrogen (secondary N) is 1. The first-order valence-electron chi connectivity index (χ1n) is 2.10. The second-order valence-electron chi connectivity index (χ2n) is 1.36. The molecule has 1 aromatic rings. The lowest BCUT2D eigenvalue weighted by Crippen LogP contribution is -2.21. The predicted molar refractivity (Wildman–Crippen MR) is 29.3 cm³/mol. The van der Waals surface area contributed by atoms with Crippen molar-refractivity contribution in [2.45, 2.75) is 0 Å². The summed E-state index contributed by atoms with van der Waals surface area (Å²) in [5, 5.41) is 9.95. The number of hydrogen-bond donors (Lipinski definition) is 1. The first kappa shape index (κ1) is 6.03. The Morgan fingerprint density at radius 2 is 2.44 bits per heavy atom. The topological polar surface area (TPSA) is 73.0 Å². The minimum Gasteiger partial charge on any atom is -0.544 e. The summed E-state index contributed by atoms with van der Waals surface area (Å²) in [5.41, 5.74) is -0.404. The molecule has 0 saturated heterocycles. The highest BCUT2D eigenvalue weighted by Gasteiger charge is 1.94. The van der Waals surface area contributed by atoms with Crippen molar-refractivity contribution in [3.63, 3.8) is 0 Å². The van der Waals surface area contributed by atoms with Gasteiger partial charge < -0.3 is 9.90 Å². The van der Waals surface area contributed by atoms with E-state index in [9.17, 15) is 14.7 Å². The fourth-order valence-corrected chi connectivity index (χ4v) is 0.903. The Kier molecular flexibility index (Phi) is 1.35. The van der Waals surface area contributed by atoms with Gasteiger partial charge in [0, 0.05) is 6.07 Å². The monoisotopic (exact) mass is 144 g/mol. The lowest BCUT2D eigenvalue weighted by atomic mass is 10.5. The quantitative estimate of drug-likeness (QED) is 0.538. The maximum Gasteiger partial charge on any atom is 0.258 e. The van der Waals surface area contributed by atoms with E-state index in [0.717, 1.165) is 17.6 Å². The van der Waals surface area contributed by atoms with Crippen LogP contribution in [0.5, 0.6) is 0 Å². The molecule has 0 fully saturated rings. The number of carboxylic acid groups (broad SMARTS) is 1. The number of carbonyl (C=O) groups is 1. The zero-order valence-electron chi connectivity index (χ0n) is 4.21. The molecule has 5 heteroatoms. The number of H-pyrrole nitrogens is 1. The normalized spacial score (nSPS) is 9.33. The second-order valence-corrected chi connectivity index (χ2v) is 2.21. The Labute approximate surface area is 53.9 Å². The minimum absolute atomic E-state index is 0.0694. The number of aromatic carboxylic acids is 1. The molecule has 0 aliphatic heterocycles. The molecule has 4 nitrogen and oxygen atoms in total. The lowest BCUT2D eigenvalue weighted by Gasteiger charge is -1.90. The van der Waals surface area contributed by atoms with Crippen LogP contribution in [0.3, 0.4) is 0 Å². The van der Waals surface area contributed by atoms with Crippen LogP contribution in [0, 0.1) is 0 Å². The molecule has 0 atom stereocenters. The largest absolute Gasteiger partial charge is 0.544 e. The van der Waals surface area contributed by atoms with Gasteiger partial charge in [-0.15, -0.1) is 0 Å². The summed E-state index contributed by atoms with van der Waals surface area (Å²) in [7, 11) is 0. The van der Waals surface area contributed by atoms with E-state index in [2.05, 4.69) is 4.37 Å². The van der Waals surface area contributed by atoms with Crippen LogP contribution in [0.2, 0.25) is 0 Å². The van der Waals surface area contributed by atoms with E-state index in [0.29, 0.717) is 0 Å². The summed E-state index contributed by atoms with van der Waals surface area (Å²) in [4.78, 5) is 20.1. The summed E-state index contributed by atoms with van der Waals surface area (Å²) in [6.07, 6.45) is 0. The first-order valence-corrected chi connectivity index (χ1v) is 2.91. The Hall–Kier alpha value is -1.10. The third-order valence-electron chi connectivity index (χ3n) is 0.725. The highest BCUT2D eigenvalue weighted by molar-refractivity contribution is 7.07. The molecule has 1 aromatic heterocycles. The zero-order chi connectivity index (χ0) is 6.85. The molecule has 0 aliphatic carbocycles. The van der Waals surface area contributed by atoms with E-state index < -0.39 is 11.5 Å². The van der Waals surface area contributed by atoms with E-state index in [4.69, 9.17) is 0 Å². The Bertz CT molecular complexity index is 273. The Morgan fingerprint density at radius 3 is 2.67 bits per heavy atom.